The zero-order chi connectivity index (χ0) is 19.6. The summed E-state index contributed by atoms with van der Waals surface area (Å²) in [4.78, 5) is 11.9. The van der Waals surface area contributed by atoms with Crippen LogP contribution in [0.1, 0.15) is 56.3 Å². The maximum atomic E-state index is 11.9. The molecule has 1 aromatic rings. The molecule has 0 heterocycles. The lowest BCUT2D eigenvalue weighted by atomic mass is 9.69. The summed E-state index contributed by atoms with van der Waals surface area (Å²) in [5.41, 5.74) is -0.240. The number of hydrogen-bond donors (Lipinski definition) is 0. The number of carbonyl (C=O) groups excluding carboxylic acids is 1. The molecule has 1 unspecified atom stereocenters. The van der Waals surface area contributed by atoms with Crippen LogP contribution in [0.4, 0.5) is 0 Å². The molecule has 1 rings (SSSR count). The Kier molecular flexibility index (Phi) is 8.93. The lowest BCUT2D eigenvalue weighted by Gasteiger charge is -2.37. The molecule has 0 aliphatic carbocycles. The molecule has 0 N–H and O–H groups in total. The predicted molar refractivity (Wildman–Crippen MR) is 103 cm³/mol. The highest BCUT2D eigenvalue weighted by atomic mass is 35.5. The van der Waals surface area contributed by atoms with Crippen molar-refractivity contribution < 1.29 is 9.53 Å². The van der Waals surface area contributed by atoms with Crippen molar-refractivity contribution >= 4 is 29.2 Å². The molecule has 26 heavy (non-hydrogen) atoms. The minimum Gasteiger partial charge on any atom is -0.462 e. The van der Waals surface area contributed by atoms with Crippen LogP contribution in [0.15, 0.2) is 30.3 Å². The zero-order valence-electron chi connectivity index (χ0n) is 15.2. The van der Waals surface area contributed by atoms with Gasteiger partial charge < -0.3 is 4.74 Å². The van der Waals surface area contributed by atoms with Gasteiger partial charge in [-0.2, -0.15) is 10.5 Å². The number of nitrogens with zero attached hydrogens (tertiary/aromatic N) is 2. The first-order valence-electron chi connectivity index (χ1n) is 8.79. The predicted octanol–water partition coefficient (Wildman–Crippen LogP) is 5.66. The van der Waals surface area contributed by atoms with E-state index in [1.54, 1.807) is 24.3 Å². The van der Waals surface area contributed by atoms with E-state index in [1.807, 2.05) is 26.0 Å². The fourth-order valence-electron chi connectivity index (χ4n) is 3.13. The van der Waals surface area contributed by atoms with E-state index < -0.39 is 15.7 Å². The average molecular weight is 395 g/mol. The first-order valence-corrected chi connectivity index (χ1v) is 9.55. The molecule has 140 valence electrons. The van der Waals surface area contributed by atoms with Crippen molar-refractivity contribution in [2.75, 3.05) is 6.61 Å². The van der Waals surface area contributed by atoms with Gasteiger partial charge in [-0.25, -0.2) is 4.79 Å². The van der Waals surface area contributed by atoms with Gasteiger partial charge in [0.25, 0.3) is 0 Å². The zero-order valence-corrected chi connectivity index (χ0v) is 16.7. The molecule has 0 saturated heterocycles. The minimum atomic E-state index is -1.62. The van der Waals surface area contributed by atoms with Crippen LogP contribution in [-0.2, 0) is 4.74 Å². The molecule has 0 spiro atoms. The highest BCUT2D eigenvalue weighted by Gasteiger charge is 2.48. The fourth-order valence-corrected chi connectivity index (χ4v) is 3.77. The van der Waals surface area contributed by atoms with E-state index in [2.05, 4.69) is 6.07 Å². The van der Waals surface area contributed by atoms with Crippen LogP contribution in [0.5, 0.6) is 0 Å². The highest BCUT2D eigenvalue weighted by Crippen LogP contribution is 2.48. The van der Waals surface area contributed by atoms with Gasteiger partial charge in [0.1, 0.15) is 6.07 Å². The normalized spacial score (nSPS) is 12.7. The molecule has 0 bridgehead atoms. The molecule has 1 aromatic carbocycles. The van der Waals surface area contributed by atoms with Crippen molar-refractivity contribution in [3.63, 3.8) is 0 Å². The summed E-state index contributed by atoms with van der Waals surface area (Å²) in [6.07, 6.45) is 2.91. The molecule has 0 aliphatic heterocycles. The molecule has 0 radical (unpaired) electrons. The molecule has 0 aliphatic rings. The molecule has 0 amide bonds. The molecular weight excluding hydrogens is 371 g/mol. The van der Waals surface area contributed by atoms with Crippen LogP contribution < -0.4 is 0 Å². The van der Waals surface area contributed by atoms with Crippen LogP contribution in [-0.4, -0.2) is 16.9 Å². The monoisotopic (exact) mass is 394 g/mol. The largest absolute Gasteiger partial charge is 0.462 e. The van der Waals surface area contributed by atoms with Crippen molar-refractivity contribution in [3.8, 4) is 12.1 Å². The van der Waals surface area contributed by atoms with Gasteiger partial charge in [0.05, 0.1) is 23.7 Å². The third-order valence-corrected chi connectivity index (χ3v) is 5.56. The van der Waals surface area contributed by atoms with Crippen LogP contribution >= 0.6 is 23.2 Å². The van der Waals surface area contributed by atoms with Gasteiger partial charge >= 0.3 is 5.97 Å². The SMILES string of the molecule is CCC(C#N)(CC)C(CCCCOC(=O)c1ccccc1)C(Cl)(Cl)C#N. The number of unbranched alkanes of at least 4 members (excludes halogenated alkanes) is 1. The van der Waals surface area contributed by atoms with Gasteiger partial charge in [-0.05, 0) is 44.2 Å². The Labute approximate surface area is 165 Å². The van der Waals surface area contributed by atoms with Crippen molar-refractivity contribution in [2.24, 2.45) is 11.3 Å². The fraction of sp³-hybridized carbons (Fsp3) is 0.550. The summed E-state index contributed by atoms with van der Waals surface area (Å²) < 4.78 is 3.63. The van der Waals surface area contributed by atoms with E-state index in [4.69, 9.17) is 27.9 Å². The number of benzene rings is 1. The average Bonchev–Trinajstić information content (AvgIpc) is 2.68. The number of nitriles is 2. The van der Waals surface area contributed by atoms with Gasteiger partial charge in [-0.3, -0.25) is 0 Å². The second-order valence-electron chi connectivity index (χ2n) is 6.26. The molecule has 6 heteroatoms. The van der Waals surface area contributed by atoms with Gasteiger partial charge in [0, 0.05) is 5.92 Å². The molecule has 0 fully saturated rings. The summed E-state index contributed by atoms with van der Waals surface area (Å²) in [5, 5.41) is 19.0. The molecule has 0 saturated carbocycles. The lowest BCUT2D eigenvalue weighted by Crippen LogP contribution is -2.39. The summed E-state index contributed by atoms with van der Waals surface area (Å²) in [5.74, 6) is -0.843. The van der Waals surface area contributed by atoms with Crippen LogP contribution in [0, 0.1) is 34.0 Å². The third-order valence-electron chi connectivity index (χ3n) is 4.87. The number of halogens is 2. The smallest absolute Gasteiger partial charge is 0.338 e. The Bertz CT molecular complexity index is 659. The molecule has 0 aromatic heterocycles. The summed E-state index contributed by atoms with van der Waals surface area (Å²) in [6.45, 7) is 4.08. The van der Waals surface area contributed by atoms with Gasteiger partial charge in [0.15, 0.2) is 0 Å². The third kappa shape index (κ3) is 5.63. The second kappa shape index (κ2) is 10.4. The van der Waals surface area contributed by atoms with Crippen molar-refractivity contribution in [1.29, 1.82) is 10.5 Å². The first-order chi connectivity index (χ1) is 12.4. The van der Waals surface area contributed by atoms with Crippen LogP contribution in [0.3, 0.4) is 0 Å². The summed E-state index contributed by atoms with van der Waals surface area (Å²) in [7, 11) is 0. The number of rotatable bonds is 10. The van der Waals surface area contributed by atoms with Gasteiger partial charge in [-0.15, -0.1) is 0 Å². The maximum Gasteiger partial charge on any atom is 0.338 e. The second-order valence-corrected chi connectivity index (χ2v) is 7.65. The van der Waals surface area contributed by atoms with Crippen LogP contribution in [0.25, 0.3) is 0 Å². The standard InChI is InChI=1S/C20H24Cl2N2O2/c1-3-19(4-2,14-23)17(20(21,22)15-24)12-8-9-13-26-18(25)16-10-6-5-7-11-16/h5-7,10-11,17H,3-4,8-9,12-13H2,1-2H3. The number of hydrogen-bond acceptors (Lipinski definition) is 4. The quantitative estimate of drug-likeness (QED) is 0.291. The van der Waals surface area contributed by atoms with E-state index in [1.165, 1.54) is 0 Å². The van der Waals surface area contributed by atoms with E-state index in [0.29, 0.717) is 37.7 Å². The summed E-state index contributed by atoms with van der Waals surface area (Å²) >= 11 is 12.4. The maximum absolute atomic E-state index is 11.9. The molecule has 1 atom stereocenters. The van der Waals surface area contributed by atoms with Gasteiger partial charge in [-0.1, -0.05) is 55.2 Å². The Morgan fingerprint density at radius 1 is 1.12 bits per heavy atom. The van der Waals surface area contributed by atoms with Crippen molar-refractivity contribution in [3.05, 3.63) is 35.9 Å². The lowest BCUT2D eigenvalue weighted by molar-refractivity contribution is 0.0494. The van der Waals surface area contributed by atoms with Crippen LogP contribution in [0.2, 0.25) is 0 Å². The van der Waals surface area contributed by atoms with E-state index in [9.17, 15) is 15.3 Å². The number of esters is 1. The topological polar surface area (TPSA) is 73.9 Å². The van der Waals surface area contributed by atoms with E-state index >= 15 is 0 Å². The summed E-state index contributed by atoms with van der Waals surface area (Å²) in [6, 6.07) is 13.0. The van der Waals surface area contributed by atoms with Crippen molar-refractivity contribution in [2.45, 2.75) is 50.3 Å². The Morgan fingerprint density at radius 3 is 2.23 bits per heavy atom. The number of alkyl halides is 2. The Balaban J connectivity index is 2.62. The molecular formula is C20H24Cl2N2O2. The first kappa shape index (κ1) is 22.3. The van der Waals surface area contributed by atoms with E-state index in [-0.39, 0.29) is 12.6 Å². The van der Waals surface area contributed by atoms with Crippen molar-refractivity contribution in [1.82, 2.24) is 0 Å². The number of ether oxygens (including phenoxy) is 1. The Morgan fingerprint density at radius 2 is 1.73 bits per heavy atom. The number of carbonyl (C=O) groups is 1. The van der Waals surface area contributed by atoms with Gasteiger partial charge in [0.2, 0.25) is 4.33 Å². The highest BCUT2D eigenvalue weighted by molar-refractivity contribution is 6.50. The minimum absolute atomic E-state index is 0.266. The Hall–Kier alpha value is -1.75. The van der Waals surface area contributed by atoms with E-state index in [0.717, 1.165) is 0 Å². The molecule has 4 nitrogen and oxygen atoms in total.